The second-order valence-electron chi connectivity index (χ2n) is 4.72. The molecule has 2 rings (SSSR count). The molecule has 3 nitrogen and oxygen atoms in total. The molecule has 0 N–H and O–H groups in total. The molecule has 20 heavy (non-hydrogen) atoms. The first-order valence-corrected chi connectivity index (χ1v) is 7.21. The molecule has 106 valence electrons. The molecule has 4 heteroatoms. The summed E-state index contributed by atoms with van der Waals surface area (Å²) in [7, 11) is 0. The topological polar surface area (TPSA) is 39.2 Å². The predicted molar refractivity (Wildman–Crippen MR) is 80.9 cm³/mol. The van der Waals surface area contributed by atoms with Crippen LogP contribution in [-0.2, 0) is 9.53 Å². The first-order chi connectivity index (χ1) is 9.60. The number of benzene rings is 1. The number of aryl methyl sites for hydroxylation is 1. The largest absolute Gasteiger partial charge is 0.466 e. The molecular weight excluding hydrogens is 274 g/mol. The van der Waals surface area contributed by atoms with Crippen LogP contribution in [0.5, 0.6) is 0 Å². The highest BCUT2D eigenvalue weighted by Gasteiger charge is 2.12. The normalized spacial score (nSPS) is 12.3. The van der Waals surface area contributed by atoms with E-state index in [4.69, 9.17) is 16.3 Å². The quantitative estimate of drug-likeness (QED) is 0.613. The number of halogens is 1. The number of hydrogen-bond donors (Lipinski definition) is 0. The van der Waals surface area contributed by atoms with Crippen molar-refractivity contribution in [1.82, 2.24) is 4.98 Å². The fourth-order valence-corrected chi connectivity index (χ4v) is 2.33. The zero-order valence-electron chi connectivity index (χ0n) is 11.7. The zero-order chi connectivity index (χ0) is 14.5. The summed E-state index contributed by atoms with van der Waals surface area (Å²) < 4.78 is 4.90. The van der Waals surface area contributed by atoms with Gasteiger partial charge < -0.3 is 4.74 Å². The van der Waals surface area contributed by atoms with Gasteiger partial charge in [0, 0.05) is 17.5 Å². The molecule has 1 aromatic heterocycles. The number of carbonyl (C=O) groups is 1. The number of nitrogens with zero attached hydrogens (tertiary/aromatic N) is 1. The Balaban J connectivity index is 2.08. The molecular formula is C16H18ClNO2. The molecule has 1 heterocycles. The van der Waals surface area contributed by atoms with Crippen molar-refractivity contribution in [2.24, 2.45) is 0 Å². The lowest BCUT2D eigenvalue weighted by Crippen LogP contribution is -2.05. The number of carbonyl (C=O) groups excluding carboxylic acids is 1. The van der Waals surface area contributed by atoms with Gasteiger partial charge in [-0.15, -0.1) is 11.6 Å². The molecule has 0 aliphatic rings. The second kappa shape index (κ2) is 6.71. The van der Waals surface area contributed by atoms with Gasteiger partial charge in [0.15, 0.2) is 0 Å². The molecule has 0 aliphatic carbocycles. The molecule has 0 saturated carbocycles. The van der Waals surface area contributed by atoms with Crippen LogP contribution < -0.4 is 0 Å². The van der Waals surface area contributed by atoms with Crippen molar-refractivity contribution in [2.45, 2.75) is 32.1 Å². The van der Waals surface area contributed by atoms with E-state index in [-0.39, 0.29) is 11.3 Å². The summed E-state index contributed by atoms with van der Waals surface area (Å²) in [6.07, 6.45) is 0.914. The van der Waals surface area contributed by atoms with Gasteiger partial charge in [-0.1, -0.05) is 12.1 Å². The maximum atomic E-state index is 11.3. The first-order valence-electron chi connectivity index (χ1n) is 6.77. The maximum absolute atomic E-state index is 11.3. The maximum Gasteiger partial charge on any atom is 0.305 e. The minimum absolute atomic E-state index is 0.190. The minimum atomic E-state index is -0.198. The smallest absolute Gasteiger partial charge is 0.305 e. The highest BCUT2D eigenvalue weighted by atomic mass is 35.5. The number of fused-ring (bicyclic) bond motifs is 1. The van der Waals surface area contributed by atoms with E-state index in [0.717, 1.165) is 22.2 Å². The molecule has 0 bridgehead atoms. The van der Waals surface area contributed by atoms with Gasteiger partial charge >= 0.3 is 5.97 Å². The molecule has 0 aliphatic heterocycles. The van der Waals surface area contributed by atoms with Crippen LogP contribution in [0.3, 0.4) is 0 Å². The van der Waals surface area contributed by atoms with E-state index >= 15 is 0 Å². The molecule has 1 unspecified atom stereocenters. The molecule has 1 aromatic carbocycles. The number of ether oxygens (including phenoxy) is 1. The van der Waals surface area contributed by atoms with Gasteiger partial charge in [-0.2, -0.15) is 0 Å². The van der Waals surface area contributed by atoms with Gasteiger partial charge in [-0.3, -0.25) is 9.78 Å². The van der Waals surface area contributed by atoms with E-state index in [1.54, 1.807) is 6.92 Å². The third kappa shape index (κ3) is 3.70. The Morgan fingerprint density at radius 2 is 2.15 bits per heavy atom. The SMILES string of the molecule is CCOC(=O)CCC(Cl)c1ccc2nc(C)ccc2c1. The Morgan fingerprint density at radius 3 is 2.90 bits per heavy atom. The second-order valence-corrected chi connectivity index (χ2v) is 5.24. The van der Waals surface area contributed by atoms with Gasteiger partial charge in [0.25, 0.3) is 0 Å². The van der Waals surface area contributed by atoms with Crippen molar-refractivity contribution in [3.8, 4) is 0 Å². The Bertz CT molecular complexity index is 612. The number of esters is 1. The fourth-order valence-electron chi connectivity index (χ4n) is 2.09. The summed E-state index contributed by atoms with van der Waals surface area (Å²) in [5.74, 6) is -0.198. The van der Waals surface area contributed by atoms with Gasteiger partial charge in [0.2, 0.25) is 0 Å². The molecule has 0 radical (unpaired) electrons. The lowest BCUT2D eigenvalue weighted by Gasteiger charge is -2.10. The highest BCUT2D eigenvalue weighted by Crippen LogP contribution is 2.28. The van der Waals surface area contributed by atoms with Gasteiger partial charge in [0.05, 0.1) is 17.5 Å². The lowest BCUT2D eigenvalue weighted by molar-refractivity contribution is -0.143. The van der Waals surface area contributed by atoms with Crippen LogP contribution in [0.25, 0.3) is 10.9 Å². The summed E-state index contributed by atoms with van der Waals surface area (Å²) in [4.78, 5) is 15.8. The average molecular weight is 292 g/mol. The Hall–Kier alpha value is -1.61. The van der Waals surface area contributed by atoms with Gasteiger partial charge in [-0.05, 0) is 44.0 Å². The molecule has 0 spiro atoms. The van der Waals surface area contributed by atoms with Crippen molar-refractivity contribution in [3.63, 3.8) is 0 Å². The van der Waals surface area contributed by atoms with Gasteiger partial charge in [0.1, 0.15) is 0 Å². The number of hydrogen-bond acceptors (Lipinski definition) is 3. The van der Waals surface area contributed by atoms with Crippen LogP contribution in [0.2, 0.25) is 0 Å². The van der Waals surface area contributed by atoms with Crippen molar-refractivity contribution >= 4 is 28.5 Å². The van der Waals surface area contributed by atoms with Crippen LogP contribution in [0, 0.1) is 6.92 Å². The van der Waals surface area contributed by atoms with Crippen molar-refractivity contribution < 1.29 is 9.53 Å². The summed E-state index contributed by atoms with van der Waals surface area (Å²) in [6.45, 7) is 4.18. The van der Waals surface area contributed by atoms with Crippen molar-refractivity contribution in [3.05, 3.63) is 41.6 Å². The summed E-state index contributed by atoms with van der Waals surface area (Å²) in [6, 6.07) is 9.99. The van der Waals surface area contributed by atoms with E-state index in [2.05, 4.69) is 4.98 Å². The van der Waals surface area contributed by atoms with Crippen molar-refractivity contribution in [2.75, 3.05) is 6.61 Å². The molecule has 0 amide bonds. The zero-order valence-corrected chi connectivity index (χ0v) is 12.5. The Kier molecular flexibility index (Phi) is 4.96. The third-order valence-corrected chi connectivity index (χ3v) is 3.59. The monoisotopic (exact) mass is 291 g/mol. The van der Waals surface area contributed by atoms with Crippen LogP contribution >= 0.6 is 11.6 Å². The van der Waals surface area contributed by atoms with Crippen LogP contribution in [0.4, 0.5) is 0 Å². The Morgan fingerprint density at radius 1 is 1.35 bits per heavy atom. The highest BCUT2D eigenvalue weighted by molar-refractivity contribution is 6.21. The van der Waals surface area contributed by atoms with Crippen LogP contribution in [0.15, 0.2) is 30.3 Å². The summed E-state index contributed by atoms with van der Waals surface area (Å²) in [5, 5.41) is 0.875. The van der Waals surface area contributed by atoms with E-state index in [9.17, 15) is 4.79 Å². The fraction of sp³-hybridized carbons (Fsp3) is 0.375. The Labute approximate surface area is 123 Å². The minimum Gasteiger partial charge on any atom is -0.466 e. The van der Waals surface area contributed by atoms with E-state index in [1.807, 2.05) is 37.3 Å². The van der Waals surface area contributed by atoms with Crippen molar-refractivity contribution in [1.29, 1.82) is 0 Å². The number of rotatable bonds is 5. The summed E-state index contributed by atoms with van der Waals surface area (Å²) in [5.41, 5.74) is 2.96. The third-order valence-electron chi connectivity index (χ3n) is 3.12. The van der Waals surface area contributed by atoms with E-state index < -0.39 is 0 Å². The molecule has 0 saturated heterocycles. The standard InChI is InChI=1S/C16H18ClNO2/c1-3-20-16(19)9-7-14(17)12-6-8-15-13(10-12)5-4-11(2)18-15/h4-6,8,10,14H,3,7,9H2,1-2H3. The molecule has 0 fully saturated rings. The van der Waals surface area contributed by atoms with E-state index in [1.165, 1.54) is 0 Å². The average Bonchev–Trinajstić information content (AvgIpc) is 2.44. The number of pyridine rings is 1. The first kappa shape index (κ1) is 14.8. The molecule has 2 aromatic rings. The summed E-state index contributed by atoms with van der Waals surface area (Å²) >= 11 is 6.35. The van der Waals surface area contributed by atoms with Crippen LogP contribution in [0.1, 0.15) is 36.4 Å². The predicted octanol–water partition coefficient (Wildman–Crippen LogP) is 4.17. The van der Waals surface area contributed by atoms with Crippen LogP contribution in [-0.4, -0.2) is 17.6 Å². The number of aromatic nitrogens is 1. The van der Waals surface area contributed by atoms with E-state index in [0.29, 0.717) is 19.4 Å². The lowest BCUT2D eigenvalue weighted by atomic mass is 10.0. The molecule has 1 atom stereocenters. The number of alkyl halides is 1. The van der Waals surface area contributed by atoms with Gasteiger partial charge in [-0.25, -0.2) is 0 Å².